The van der Waals surface area contributed by atoms with Gasteiger partial charge in [0.1, 0.15) is 0 Å². The van der Waals surface area contributed by atoms with E-state index in [0.717, 1.165) is 12.8 Å². The largest absolute Gasteiger partial charge is 0.135 e. The monoisotopic (exact) mass is 626 g/mol. The van der Waals surface area contributed by atoms with Gasteiger partial charge in [0.25, 0.3) is 0 Å². The summed E-state index contributed by atoms with van der Waals surface area (Å²) >= 11 is 5.77. The molecule has 1 aliphatic rings. The van der Waals surface area contributed by atoms with E-state index in [2.05, 4.69) is 133 Å². The molecule has 6 aromatic carbocycles. The van der Waals surface area contributed by atoms with E-state index in [-0.39, 0.29) is 0 Å². The summed E-state index contributed by atoms with van der Waals surface area (Å²) < 4.78 is 6.80. The Labute approximate surface area is 273 Å². The van der Waals surface area contributed by atoms with Crippen molar-refractivity contribution in [1.29, 1.82) is 0 Å². The molecular weight excluding hydrogens is 601 g/mol. The van der Waals surface area contributed by atoms with Gasteiger partial charge in [-0.05, 0) is 93.6 Å². The molecule has 0 nitrogen and oxygen atoms in total. The van der Waals surface area contributed by atoms with Gasteiger partial charge in [-0.2, -0.15) is 0 Å². The first-order valence-electron chi connectivity index (χ1n) is 15.5. The lowest BCUT2D eigenvalue weighted by atomic mass is 9.91. The van der Waals surface area contributed by atoms with E-state index in [4.69, 9.17) is 0 Å². The third-order valence-corrected chi connectivity index (χ3v) is 13.0. The quantitative estimate of drug-likeness (QED) is 0.183. The topological polar surface area (TPSA) is 0 Å². The van der Waals surface area contributed by atoms with Gasteiger partial charge in [0.2, 0.25) is 0 Å². The molecule has 45 heavy (non-hydrogen) atoms. The standard InChI is InChI=1S/C42H26S3/c1-4-19-37-31(10-1)34-16-7-13-28(40(34)43-37)25-22-26(29-14-8-17-35-32-11-2-5-20-38(32)44-41(29)35)24-27(23-25)30-15-9-18-36-33-12-3-6-21-39(33)45-42(30)36/h1-2,4-11,13-24H,3,12H2. The van der Waals surface area contributed by atoms with Gasteiger partial charge in [-0.15, -0.1) is 34.0 Å². The maximum atomic E-state index is 2.44. The predicted octanol–water partition coefficient (Wildman–Crippen LogP) is 13.6. The van der Waals surface area contributed by atoms with Crippen molar-refractivity contribution < 1.29 is 0 Å². The predicted molar refractivity (Wildman–Crippen MR) is 201 cm³/mol. The van der Waals surface area contributed by atoms with Crippen LogP contribution in [0.5, 0.6) is 0 Å². The van der Waals surface area contributed by atoms with Crippen LogP contribution in [0.15, 0.2) is 127 Å². The molecule has 1 aliphatic carbocycles. The summed E-state index contributed by atoms with van der Waals surface area (Å²) in [5.41, 5.74) is 9.29. The number of hydrogen-bond acceptors (Lipinski definition) is 3. The summed E-state index contributed by atoms with van der Waals surface area (Å²) in [5, 5.41) is 6.78. The van der Waals surface area contributed by atoms with Crippen LogP contribution < -0.4 is 0 Å². The van der Waals surface area contributed by atoms with E-state index in [1.54, 1.807) is 0 Å². The average molecular weight is 627 g/mol. The highest BCUT2D eigenvalue weighted by molar-refractivity contribution is 7.26. The maximum Gasteiger partial charge on any atom is 0.0433 e. The lowest BCUT2D eigenvalue weighted by molar-refractivity contribution is 1.01. The highest BCUT2D eigenvalue weighted by Gasteiger charge is 2.19. The first-order chi connectivity index (χ1) is 22.3. The number of aryl methyl sites for hydroxylation is 1. The Balaban J connectivity index is 1.28. The molecule has 10 rings (SSSR count). The zero-order chi connectivity index (χ0) is 29.5. The minimum atomic E-state index is 1.13. The molecule has 0 aliphatic heterocycles. The maximum absolute atomic E-state index is 2.44. The number of allylic oxidation sites excluding steroid dienone is 1. The Hall–Kier alpha value is -4.54. The molecular formula is C42H26S3. The summed E-state index contributed by atoms with van der Waals surface area (Å²) in [5.74, 6) is 0. The van der Waals surface area contributed by atoms with Crippen molar-refractivity contribution >= 4 is 90.5 Å². The molecule has 0 spiro atoms. The van der Waals surface area contributed by atoms with Crippen LogP contribution in [0.25, 0.3) is 89.9 Å². The molecule has 0 saturated carbocycles. The van der Waals surface area contributed by atoms with Crippen LogP contribution >= 0.6 is 34.0 Å². The summed E-state index contributed by atoms with van der Waals surface area (Å²) in [4.78, 5) is 1.42. The first-order valence-corrected chi connectivity index (χ1v) is 17.9. The fourth-order valence-corrected chi connectivity index (χ4v) is 11.1. The molecule has 3 aromatic heterocycles. The molecule has 0 saturated heterocycles. The first kappa shape index (κ1) is 25.8. The average Bonchev–Trinajstić information content (AvgIpc) is 3.79. The van der Waals surface area contributed by atoms with Gasteiger partial charge < -0.3 is 0 Å². The van der Waals surface area contributed by atoms with Gasteiger partial charge in [-0.25, -0.2) is 0 Å². The molecule has 0 amide bonds. The lowest BCUT2D eigenvalue weighted by Crippen LogP contribution is -1.89. The summed E-state index contributed by atoms with van der Waals surface area (Å²) in [6.07, 6.45) is 6.91. The molecule has 9 aromatic rings. The normalized spacial score (nSPS) is 13.1. The Morgan fingerprint density at radius 3 is 1.44 bits per heavy atom. The zero-order valence-corrected chi connectivity index (χ0v) is 26.8. The highest BCUT2D eigenvalue weighted by atomic mass is 32.1. The lowest BCUT2D eigenvalue weighted by Gasteiger charge is -2.13. The fourth-order valence-electron chi connectivity index (χ4n) is 7.27. The second-order valence-corrected chi connectivity index (χ2v) is 15.1. The Kier molecular flexibility index (Phi) is 5.71. The van der Waals surface area contributed by atoms with Gasteiger partial charge in [0.05, 0.1) is 0 Å². The second kappa shape index (κ2) is 9.98. The van der Waals surface area contributed by atoms with Crippen LogP contribution in [-0.2, 0) is 6.42 Å². The van der Waals surface area contributed by atoms with Crippen LogP contribution in [0.3, 0.4) is 0 Å². The van der Waals surface area contributed by atoms with Crippen LogP contribution in [0.1, 0.15) is 16.9 Å². The van der Waals surface area contributed by atoms with Crippen molar-refractivity contribution in [3.05, 3.63) is 138 Å². The third kappa shape index (κ3) is 3.95. The summed E-state index contributed by atoms with van der Waals surface area (Å²) in [7, 11) is 0. The van der Waals surface area contributed by atoms with E-state index in [0.29, 0.717) is 0 Å². The molecule has 0 radical (unpaired) electrons. The minimum absolute atomic E-state index is 1.13. The smallest absolute Gasteiger partial charge is 0.0433 e. The van der Waals surface area contributed by atoms with Crippen molar-refractivity contribution in [3.63, 3.8) is 0 Å². The molecule has 3 heteroatoms. The van der Waals surface area contributed by atoms with E-state index in [1.165, 1.54) is 94.3 Å². The van der Waals surface area contributed by atoms with Crippen LogP contribution in [0.2, 0.25) is 0 Å². The molecule has 212 valence electrons. The van der Waals surface area contributed by atoms with Crippen molar-refractivity contribution in [2.75, 3.05) is 0 Å². The number of hydrogen-bond donors (Lipinski definition) is 0. The van der Waals surface area contributed by atoms with Crippen LogP contribution in [-0.4, -0.2) is 0 Å². The van der Waals surface area contributed by atoms with Crippen molar-refractivity contribution in [2.24, 2.45) is 0 Å². The zero-order valence-electron chi connectivity index (χ0n) is 24.3. The van der Waals surface area contributed by atoms with E-state index >= 15 is 0 Å². The van der Waals surface area contributed by atoms with Gasteiger partial charge >= 0.3 is 0 Å². The Morgan fingerprint density at radius 1 is 0.422 bits per heavy atom. The van der Waals surface area contributed by atoms with E-state index in [9.17, 15) is 0 Å². The molecule has 3 heterocycles. The van der Waals surface area contributed by atoms with E-state index < -0.39 is 0 Å². The third-order valence-electron chi connectivity index (χ3n) is 9.35. The molecule has 0 N–H and O–H groups in total. The Bertz CT molecular complexity index is 2530. The summed E-state index contributed by atoms with van der Waals surface area (Å²) in [6.45, 7) is 0. The van der Waals surface area contributed by atoms with Gasteiger partial charge in [-0.3, -0.25) is 0 Å². The van der Waals surface area contributed by atoms with E-state index in [1.807, 2.05) is 34.0 Å². The highest BCUT2D eigenvalue weighted by Crippen LogP contribution is 2.47. The molecule has 0 unspecified atom stereocenters. The summed E-state index contributed by atoms with van der Waals surface area (Å²) in [6, 6.07) is 45.5. The number of fused-ring (bicyclic) bond motifs is 9. The minimum Gasteiger partial charge on any atom is -0.135 e. The van der Waals surface area contributed by atoms with Crippen LogP contribution in [0, 0.1) is 0 Å². The number of rotatable bonds is 3. The fraction of sp³-hybridized carbons (Fsp3) is 0.0476. The number of benzene rings is 6. The molecule has 0 fully saturated rings. The van der Waals surface area contributed by atoms with Crippen molar-refractivity contribution in [3.8, 4) is 33.4 Å². The number of thiophene rings is 3. The van der Waals surface area contributed by atoms with Crippen molar-refractivity contribution in [2.45, 2.75) is 12.8 Å². The van der Waals surface area contributed by atoms with Gasteiger partial charge in [0, 0.05) is 49.9 Å². The van der Waals surface area contributed by atoms with Crippen LogP contribution in [0.4, 0.5) is 0 Å². The van der Waals surface area contributed by atoms with Gasteiger partial charge in [0.15, 0.2) is 0 Å². The SMILES string of the molecule is C1=Cc2sc3c(-c4cc(-c5cccc6c5sc5ccccc56)cc(-c5cccc6c5sc5ccccc56)c4)cccc3c2CC1. The molecule has 0 atom stereocenters. The molecule has 0 bridgehead atoms. The Morgan fingerprint density at radius 2 is 0.889 bits per heavy atom. The van der Waals surface area contributed by atoms with Gasteiger partial charge in [-0.1, -0.05) is 97.1 Å². The van der Waals surface area contributed by atoms with Crippen molar-refractivity contribution in [1.82, 2.24) is 0 Å². The second-order valence-electron chi connectivity index (χ2n) is 11.9.